The molecule has 0 saturated heterocycles. The van der Waals surface area contributed by atoms with E-state index in [1.54, 1.807) is 30.3 Å². The van der Waals surface area contributed by atoms with Gasteiger partial charge < -0.3 is 43.6 Å². The summed E-state index contributed by atoms with van der Waals surface area (Å²) in [7, 11) is 1.39. The van der Waals surface area contributed by atoms with Crippen LogP contribution in [-0.4, -0.2) is 83.9 Å². The van der Waals surface area contributed by atoms with Gasteiger partial charge in [0.2, 0.25) is 29.5 Å². The monoisotopic (exact) mass is 521 g/mol. The van der Waals surface area contributed by atoms with Crippen LogP contribution in [0, 0.1) is 0 Å². The van der Waals surface area contributed by atoms with Gasteiger partial charge in [-0.15, -0.1) is 0 Å². The van der Waals surface area contributed by atoms with Crippen LogP contribution >= 0.6 is 0 Å². The molecule has 13 nitrogen and oxygen atoms in total. The van der Waals surface area contributed by atoms with Crippen LogP contribution in [0.4, 0.5) is 0 Å². The summed E-state index contributed by atoms with van der Waals surface area (Å²) >= 11 is 0. The van der Waals surface area contributed by atoms with Crippen LogP contribution in [-0.2, 0) is 30.4 Å². The van der Waals surface area contributed by atoms with E-state index in [1.165, 1.54) is 7.05 Å². The second kappa shape index (κ2) is 16.2. The Labute approximate surface area is 216 Å². The molecule has 0 unspecified atom stereocenters. The number of aliphatic hydroxyl groups is 1. The fourth-order valence-electron chi connectivity index (χ4n) is 3.61. The third-order valence-corrected chi connectivity index (χ3v) is 5.82. The molecular weight excluding hydrogens is 482 g/mol. The van der Waals surface area contributed by atoms with E-state index in [9.17, 15) is 29.1 Å². The highest BCUT2D eigenvalue weighted by atomic mass is 16.3. The van der Waals surface area contributed by atoms with Crippen LogP contribution in [0.15, 0.2) is 30.3 Å². The maximum atomic E-state index is 13.4. The van der Waals surface area contributed by atoms with Crippen LogP contribution in [0.3, 0.4) is 0 Å². The minimum Gasteiger partial charge on any atom is -0.394 e. The first-order chi connectivity index (χ1) is 17.5. The minimum atomic E-state index is -1.22. The van der Waals surface area contributed by atoms with Gasteiger partial charge in [0, 0.05) is 19.9 Å². The molecule has 11 N–H and O–H groups in total. The molecule has 0 aliphatic rings. The summed E-state index contributed by atoms with van der Waals surface area (Å²) in [6, 6.07) is 4.41. The van der Waals surface area contributed by atoms with Crippen molar-refractivity contribution in [2.24, 2.45) is 22.9 Å². The molecule has 0 aromatic heterocycles. The lowest BCUT2D eigenvalue weighted by Crippen LogP contribution is -2.58. The quantitative estimate of drug-likeness (QED) is 0.106. The third-order valence-electron chi connectivity index (χ3n) is 5.82. The maximum absolute atomic E-state index is 13.4. The normalized spacial score (nSPS) is 14.1. The number of aliphatic hydroxyl groups excluding tert-OH is 1. The summed E-state index contributed by atoms with van der Waals surface area (Å²) in [6.45, 7) is -0.232. The van der Waals surface area contributed by atoms with Crippen LogP contribution in [0.2, 0.25) is 0 Å². The molecule has 206 valence electrons. The van der Waals surface area contributed by atoms with Gasteiger partial charge >= 0.3 is 0 Å². The molecule has 0 aliphatic carbocycles. The van der Waals surface area contributed by atoms with Gasteiger partial charge in [-0.25, -0.2) is 0 Å². The number of rotatable bonds is 17. The molecule has 37 heavy (non-hydrogen) atoms. The largest absolute Gasteiger partial charge is 0.394 e. The van der Waals surface area contributed by atoms with E-state index < -0.39 is 60.3 Å². The van der Waals surface area contributed by atoms with Crippen molar-refractivity contribution in [2.45, 2.75) is 62.7 Å². The molecule has 1 rings (SSSR count). The lowest BCUT2D eigenvalue weighted by molar-refractivity contribution is -0.141. The van der Waals surface area contributed by atoms with E-state index in [1.807, 2.05) is 0 Å². The zero-order valence-electron chi connectivity index (χ0n) is 21.1. The van der Waals surface area contributed by atoms with Crippen LogP contribution in [0.1, 0.15) is 37.7 Å². The van der Waals surface area contributed by atoms with Gasteiger partial charge in [-0.2, -0.15) is 0 Å². The molecule has 1 aromatic rings. The smallest absolute Gasteiger partial charge is 0.243 e. The van der Waals surface area contributed by atoms with Crippen LogP contribution in [0.5, 0.6) is 0 Å². The van der Waals surface area contributed by atoms with Crippen molar-refractivity contribution in [3.8, 4) is 0 Å². The van der Waals surface area contributed by atoms with Crippen molar-refractivity contribution in [1.82, 2.24) is 15.5 Å². The highest BCUT2D eigenvalue weighted by Crippen LogP contribution is 2.12. The first-order valence-corrected chi connectivity index (χ1v) is 12.1. The van der Waals surface area contributed by atoms with E-state index in [2.05, 4.69) is 10.6 Å². The number of carbonyl (C=O) groups is 5. The van der Waals surface area contributed by atoms with E-state index in [0.29, 0.717) is 19.4 Å². The van der Waals surface area contributed by atoms with Gasteiger partial charge in [-0.05, 0) is 37.8 Å². The van der Waals surface area contributed by atoms with E-state index in [4.69, 9.17) is 22.9 Å². The topological polar surface area (TPSA) is 237 Å². The molecule has 0 spiro atoms. The molecule has 0 bridgehead atoms. The van der Waals surface area contributed by atoms with Crippen molar-refractivity contribution in [3.05, 3.63) is 35.9 Å². The Morgan fingerprint density at radius 3 is 2.11 bits per heavy atom. The molecule has 0 saturated carbocycles. The molecule has 1 aromatic carbocycles. The van der Waals surface area contributed by atoms with Gasteiger partial charge in [0.05, 0.1) is 6.61 Å². The number of unbranched alkanes of at least 4 members (excludes halogenated alkanes) is 1. The SMILES string of the molecule is CN(C(=O)[C@@H](N)CO)[C@@H](Cc1ccccc1)C(=O)N[C@@H](CCCCN)C(=O)N[C@@H](CCC(N)=O)C(N)=O. The van der Waals surface area contributed by atoms with Gasteiger partial charge in [0.15, 0.2) is 0 Å². The fourth-order valence-corrected chi connectivity index (χ4v) is 3.61. The van der Waals surface area contributed by atoms with Crippen LogP contribution in [0.25, 0.3) is 0 Å². The summed E-state index contributed by atoms with van der Waals surface area (Å²) in [5.74, 6) is -3.48. The third kappa shape index (κ3) is 10.9. The second-order valence-electron chi connectivity index (χ2n) is 8.76. The van der Waals surface area contributed by atoms with Gasteiger partial charge in [0.1, 0.15) is 24.2 Å². The van der Waals surface area contributed by atoms with E-state index >= 15 is 0 Å². The number of hydrogen-bond acceptors (Lipinski definition) is 8. The molecule has 0 aliphatic heterocycles. The minimum absolute atomic E-state index is 0.0905. The Morgan fingerprint density at radius 2 is 1.57 bits per heavy atom. The number of likely N-dealkylation sites (N-methyl/N-ethyl adjacent to an activating group) is 1. The van der Waals surface area contributed by atoms with Crippen molar-refractivity contribution in [1.29, 1.82) is 0 Å². The summed E-state index contributed by atoms with van der Waals surface area (Å²) in [4.78, 5) is 63.2. The van der Waals surface area contributed by atoms with Crippen LogP contribution < -0.4 is 33.6 Å². The Bertz CT molecular complexity index is 914. The van der Waals surface area contributed by atoms with Crippen molar-refractivity contribution in [2.75, 3.05) is 20.2 Å². The van der Waals surface area contributed by atoms with Gasteiger partial charge in [-0.1, -0.05) is 30.3 Å². The number of carbonyl (C=O) groups excluding carboxylic acids is 5. The Balaban J connectivity index is 3.16. The Morgan fingerprint density at radius 1 is 0.946 bits per heavy atom. The first kappa shape index (κ1) is 31.5. The number of nitrogens with one attached hydrogen (secondary N) is 2. The highest BCUT2D eigenvalue weighted by Gasteiger charge is 2.33. The Hall–Kier alpha value is -3.55. The maximum Gasteiger partial charge on any atom is 0.243 e. The number of amides is 5. The first-order valence-electron chi connectivity index (χ1n) is 12.1. The molecule has 5 amide bonds. The predicted molar refractivity (Wildman–Crippen MR) is 136 cm³/mol. The zero-order chi connectivity index (χ0) is 28.0. The molecular formula is C24H39N7O6. The van der Waals surface area contributed by atoms with Gasteiger partial charge in [-0.3, -0.25) is 24.0 Å². The lowest BCUT2D eigenvalue weighted by atomic mass is 10.0. The number of primary amides is 2. The summed E-state index contributed by atoms with van der Waals surface area (Å²) in [5, 5.41) is 14.4. The molecule has 4 atom stereocenters. The average Bonchev–Trinajstić information content (AvgIpc) is 2.87. The Kier molecular flexibility index (Phi) is 13.8. The lowest BCUT2D eigenvalue weighted by Gasteiger charge is -2.31. The van der Waals surface area contributed by atoms with E-state index in [0.717, 1.165) is 10.5 Å². The van der Waals surface area contributed by atoms with Crippen molar-refractivity contribution >= 4 is 29.5 Å². The standard InChI is InChI=1S/C24H39N7O6/c1-31(24(37)16(26)14-32)19(13-15-7-3-2-4-8-15)23(36)30-18(9-5-6-12-25)22(35)29-17(21(28)34)10-11-20(27)33/h2-4,7-8,16-19,32H,5-6,9-14,25-26H2,1H3,(H2,27,33)(H2,28,34)(H,29,35)(H,30,36)/t16-,17-,18-,19-/m0/s1. The molecule has 0 fully saturated rings. The number of benzene rings is 1. The van der Waals surface area contributed by atoms with Crippen molar-refractivity contribution in [3.63, 3.8) is 0 Å². The fraction of sp³-hybridized carbons (Fsp3) is 0.542. The molecule has 0 heterocycles. The van der Waals surface area contributed by atoms with Gasteiger partial charge in [0.25, 0.3) is 0 Å². The summed E-state index contributed by atoms with van der Waals surface area (Å²) in [6.07, 6.45) is 1.12. The highest BCUT2D eigenvalue weighted by molar-refractivity contribution is 5.94. The summed E-state index contributed by atoms with van der Waals surface area (Å²) < 4.78 is 0. The summed E-state index contributed by atoms with van der Waals surface area (Å²) in [5.41, 5.74) is 22.5. The zero-order valence-corrected chi connectivity index (χ0v) is 21.1. The number of hydrogen-bond donors (Lipinski definition) is 7. The predicted octanol–water partition coefficient (Wildman–Crippen LogP) is -2.77. The number of nitrogens with two attached hydrogens (primary N) is 4. The second-order valence-corrected chi connectivity index (χ2v) is 8.76. The number of nitrogens with zero attached hydrogens (tertiary/aromatic N) is 1. The average molecular weight is 522 g/mol. The van der Waals surface area contributed by atoms with E-state index in [-0.39, 0.29) is 25.7 Å². The molecule has 0 radical (unpaired) electrons. The molecule has 13 heteroatoms. The van der Waals surface area contributed by atoms with Crippen molar-refractivity contribution < 1.29 is 29.1 Å².